The van der Waals surface area contributed by atoms with Crippen molar-refractivity contribution in [3.05, 3.63) is 155 Å². The summed E-state index contributed by atoms with van der Waals surface area (Å²) in [5, 5.41) is 11.9. The van der Waals surface area contributed by atoms with Crippen molar-refractivity contribution in [3.8, 4) is 0 Å². The van der Waals surface area contributed by atoms with Gasteiger partial charge in [0, 0.05) is 86.1 Å². The third kappa shape index (κ3) is 16.6. The Morgan fingerprint density at radius 3 is 1.81 bits per heavy atom. The third-order valence-corrected chi connectivity index (χ3v) is 12.4. The van der Waals surface area contributed by atoms with E-state index >= 15 is 0 Å². The van der Waals surface area contributed by atoms with Crippen molar-refractivity contribution in [2.45, 2.75) is 88.6 Å². The molecule has 10 nitrogen and oxygen atoms in total. The Labute approximate surface area is 379 Å². The Balaban J connectivity index is 0.000000240. The van der Waals surface area contributed by atoms with Gasteiger partial charge in [-0.2, -0.15) is 0 Å². The quantitative estimate of drug-likeness (QED) is 0.0525. The molecular weight excluding hydrogens is 906 g/mol. The highest BCUT2D eigenvalue weighted by Gasteiger charge is 2.12. The van der Waals surface area contributed by atoms with Crippen LogP contribution in [0.2, 0.25) is 10.0 Å². The maximum Gasteiger partial charge on any atom is 0.251 e. The van der Waals surface area contributed by atoms with Gasteiger partial charge in [0.2, 0.25) is 0 Å². The molecule has 312 valence electrons. The molecule has 0 spiro atoms. The molecule has 16 heteroatoms. The van der Waals surface area contributed by atoms with Crippen LogP contribution in [0.15, 0.2) is 104 Å². The molecule has 0 aliphatic carbocycles. The van der Waals surface area contributed by atoms with Gasteiger partial charge in [0.25, 0.3) is 5.56 Å². The predicted octanol–water partition coefficient (Wildman–Crippen LogP) is 11.9. The molecule has 4 aromatic heterocycles. The molecule has 0 atom stereocenters. The summed E-state index contributed by atoms with van der Waals surface area (Å²) in [6, 6.07) is 22.9. The summed E-state index contributed by atoms with van der Waals surface area (Å²) >= 11 is 20.7. The lowest BCUT2D eigenvalue weighted by Gasteiger charge is -2.22. The van der Waals surface area contributed by atoms with E-state index < -0.39 is 0 Å². The van der Waals surface area contributed by atoms with E-state index in [1.807, 2.05) is 99.3 Å². The van der Waals surface area contributed by atoms with E-state index in [0.717, 1.165) is 89.5 Å². The highest BCUT2D eigenvalue weighted by molar-refractivity contribution is 9.10. The number of rotatable bonds is 12. The molecule has 2 aromatic carbocycles. The molecule has 0 amide bonds. The minimum atomic E-state index is -0.115. The molecule has 0 bridgehead atoms. The number of H-pyrrole nitrogens is 1. The monoisotopic (exact) mass is 953 g/mol. The minimum absolute atomic E-state index is 0. The lowest BCUT2D eigenvalue weighted by Crippen LogP contribution is -2.30. The predicted molar refractivity (Wildman–Crippen MR) is 253 cm³/mol. The number of halogens is 3. The number of nitrogens with zero attached hydrogens (tertiary/aromatic N) is 7. The Bertz CT molecular complexity index is 2310. The first-order valence-corrected chi connectivity index (χ1v) is 22.8. The van der Waals surface area contributed by atoms with E-state index in [-0.39, 0.29) is 13.0 Å². The van der Waals surface area contributed by atoms with Gasteiger partial charge in [-0.3, -0.25) is 15.2 Å². The first-order valence-electron chi connectivity index (χ1n) is 18.3. The Morgan fingerprint density at radius 2 is 1.29 bits per heavy atom. The summed E-state index contributed by atoms with van der Waals surface area (Å²) in [5.41, 5.74) is 8.47. The fourth-order valence-corrected chi connectivity index (χ4v) is 8.98. The largest absolute Gasteiger partial charge is 0.357 e. The summed E-state index contributed by atoms with van der Waals surface area (Å²) in [6.07, 6.45) is 1.75. The Morgan fingerprint density at radius 1 is 0.712 bits per heavy atom. The van der Waals surface area contributed by atoms with Crippen LogP contribution in [0.25, 0.3) is 0 Å². The van der Waals surface area contributed by atoms with Crippen LogP contribution in [0.1, 0.15) is 72.1 Å². The standard InChI is InChI=1S/C18H23ClN4S.C13H12BrClN2S.C11H11N3OS.CH4/c1-5-23(6-2)17(20)14-7-8-15(16(19)10-14)11-24-18-21-12(3)9-13(4)22-18;1-8-6-9(2)17-13(16-8)18-7-10-4-3-5-11(14)12(10)15;1-8-6-10(15)14-11(13-8)16-7-9-4-2-3-5-12-9;/h7-10,20H,5-6,11H2,1-4H3;3-6H,7H2,1-2H3;2-6H,7H2,1H3,(H,13,14,15);1H4. The van der Waals surface area contributed by atoms with Crippen molar-refractivity contribution in [1.29, 1.82) is 5.41 Å². The van der Waals surface area contributed by atoms with Gasteiger partial charge in [-0.25, -0.2) is 24.9 Å². The molecular formula is C43H50BrCl2N9OS3. The second kappa shape index (κ2) is 25.1. The maximum atomic E-state index is 11.2. The number of benzene rings is 2. The number of thioether (sulfide) groups is 3. The summed E-state index contributed by atoms with van der Waals surface area (Å²) in [6.45, 7) is 15.4. The third-order valence-electron chi connectivity index (χ3n) is 8.01. The average Bonchev–Trinajstić information content (AvgIpc) is 3.17. The molecule has 0 aliphatic heterocycles. The van der Waals surface area contributed by atoms with E-state index in [1.54, 1.807) is 36.6 Å². The van der Waals surface area contributed by atoms with Crippen LogP contribution in [0.5, 0.6) is 0 Å². The highest BCUT2D eigenvalue weighted by atomic mass is 79.9. The molecule has 4 heterocycles. The van der Waals surface area contributed by atoms with Gasteiger partial charge in [0.15, 0.2) is 15.5 Å². The van der Waals surface area contributed by atoms with Gasteiger partial charge in [0.05, 0.1) is 10.7 Å². The van der Waals surface area contributed by atoms with Crippen LogP contribution in [-0.2, 0) is 17.3 Å². The zero-order valence-electron chi connectivity index (χ0n) is 33.4. The fraction of sp³-hybridized carbons (Fsp3) is 0.302. The minimum Gasteiger partial charge on any atom is -0.357 e. The molecule has 2 N–H and O–H groups in total. The summed E-state index contributed by atoms with van der Waals surface area (Å²) < 4.78 is 0.920. The number of aromatic amines is 1. The molecule has 6 rings (SSSR count). The van der Waals surface area contributed by atoms with E-state index in [2.05, 4.69) is 64.7 Å². The molecule has 59 heavy (non-hydrogen) atoms. The van der Waals surface area contributed by atoms with Crippen molar-refractivity contribution in [1.82, 2.24) is 39.8 Å². The Hall–Kier alpha value is -3.79. The summed E-state index contributed by atoms with van der Waals surface area (Å²) in [7, 11) is 0. The number of amidine groups is 1. The van der Waals surface area contributed by atoms with Crippen molar-refractivity contribution in [2.24, 2.45) is 0 Å². The van der Waals surface area contributed by atoms with Crippen LogP contribution in [-0.4, -0.2) is 58.7 Å². The van der Waals surface area contributed by atoms with E-state index in [0.29, 0.717) is 27.5 Å². The van der Waals surface area contributed by atoms with Crippen LogP contribution in [0.4, 0.5) is 0 Å². The number of pyridine rings is 1. The smallest absolute Gasteiger partial charge is 0.251 e. The van der Waals surface area contributed by atoms with Crippen molar-refractivity contribution in [2.75, 3.05) is 13.1 Å². The van der Waals surface area contributed by atoms with Crippen LogP contribution >= 0.6 is 74.4 Å². The highest BCUT2D eigenvalue weighted by Crippen LogP contribution is 2.31. The molecule has 6 aromatic rings. The topological polar surface area (TPSA) is 137 Å². The summed E-state index contributed by atoms with van der Waals surface area (Å²) in [5.74, 6) is 2.69. The lowest BCUT2D eigenvalue weighted by atomic mass is 10.1. The maximum absolute atomic E-state index is 11.2. The van der Waals surface area contributed by atoms with Gasteiger partial charge in [-0.1, -0.05) is 96.2 Å². The molecule has 0 saturated carbocycles. The van der Waals surface area contributed by atoms with Crippen LogP contribution in [0.3, 0.4) is 0 Å². The first-order chi connectivity index (χ1) is 27.7. The number of aryl methyl sites for hydroxylation is 5. The molecule has 0 saturated heterocycles. The van der Waals surface area contributed by atoms with Gasteiger partial charge in [-0.05, 0) is 112 Å². The van der Waals surface area contributed by atoms with Gasteiger partial charge in [-0.15, -0.1) is 0 Å². The van der Waals surface area contributed by atoms with Crippen LogP contribution in [0, 0.1) is 40.0 Å². The molecule has 0 aliphatic rings. The second-order valence-electron chi connectivity index (χ2n) is 12.8. The fourth-order valence-electron chi connectivity index (χ4n) is 5.24. The lowest BCUT2D eigenvalue weighted by molar-refractivity contribution is 0.463. The van der Waals surface area contributed by atoms with Crippen molar-refractivity contribution < 1.29 is 0 Å². The number of nitrogens with one attached hydrogen (secondary N) is 2. The normalized spacial score (nSPS) is 10.4. The Kier molecular flexibility index (Phi) is 21.1. The zero-order valence-corrected chi connectivity index (χ0v) is 39.0. The average molecular weight is 956 g/mol. The van der Waals surface area contributed by atoms with E-state index in [1.165, 1.54) is 17.8 Å². The molecule has 0 radical (unpaired) electrons. The molecule has 0 unspecified atom stereocenters. The van der Waals surface area contributed by atoms with E-state index in [4.69, 9.17) is 28.6 Å². The van der Waals surface area contributed by atoms with Gasteiger partial charge in [0.1, 0.15) is 5.84 Å². The number of aromatic nitrogens is 7. The van der Waals surface area contributed by atoms with Crippen molar-refractivity contribution >= 4 is 80.3 Å². The van der Waals surface area contributed by atoms with E-state index in [9.17, 15) is 4.79 Å². The van der Waals surface area contributed by atoms with Gasteiger partial charge >= 0.3 is 0 Å². The van der Waals surface area contributed by atoms with Crippen LogP contribution < -0.4 is 5.56 Å². The SMILES string of the molecule is C.CCN(CC)C(=N)c1ccc(CSc2nc(C)cc(C)n2)c(Cl)c1.Cc1cc(=O)[nH]c(SCc2ccccn2)n1.Cc1cc(C)nc(SCc2cccc(Br)c2Cl)n1. The van der Waals surface area contributed by atoms with Gasteiger partial charge < -0.3 is 9.88 Å². The number of hydrogen-bond donors (Lipinski definition) is 2. The van der Waals surface area contributed by atoms with Crippen molar-refractivity contribution in [3.63, 3.8) is 0 Å². The second-order valence-corrected chi connectivity index (χ2v) is 17.3. The summed E-state index contributed by atoms with van der Waals surface area (Å²) in [4.78, 5) is 42.0. The molecule has 0 fully saturated rings. The zero-order chi connectivity index (χ0) is 42.2. The first kappa shape index (κ1) is 49.6. The number of hydrogen-bond acceptors (Lipinski definition) is 11.